The van der Waals surface area contributed by atoms with Crippen molar-refractivity contribution < 1.29 is 4.79 Å². The van der Waals surface area contributed by atoms with Crippen molar-refractivity contribution in [1.29, 1.82) is 0 Å². The highest BCUT2D eigenvalue weighted by Gasteiger charge is 2.28. The minimum absolute atomic E-state index is 0.0225. The number of anilines is 1. The van der Waals surface area contributed by atoms with Crippen molar-refractivity contribution in [3.63, 3.8) is 0 Å². The van der Waals surface area contributed by atoms with Crippen LogP contribution in [0.1, 0.15) is 22.0 Å². The van der Waals surface area contributed by atoms with E-state index in [0.29, 0.717) is 18.1 Å². The number of amides is 1. The van der Waals surface area contributed by atoms with Gasteiger partial charge in [0.15, 0.2) is 0 Å². The van der Waals surface area contributed by atoms with Gasteiger partial charge in [-0.15, -0.1) is 0 Å². The van der Waals surface area contributed by atoms with Crippen LogP contribution >= 0.6 is 0 Å². The van der Waals surface area contributed by atoms with Gasteiger partial charge in [-0.05, 0) is 5.56 Å². The van der Waals surface area contributed by atoms with E-state index in [1.54, 1.807) is 12.4 Å². The zero-order chi connectivity index (χ0) is 16.2. The predicted molar refractivity (Wildman–Crippen MR) is 89.4 cm³/mol. The molecule has 3 rings (SSSR count). The van der Waals surface area contributed by atoms with Gasteiger partial charge in [-0.1, -0.05) is 30.3 Å². The average Bonchev–Trinajstić information content (AvgIpc) is 2.62. The number of aromatic nitrogens is 2. The molecule has 0 spiro atoms. The first-order valence-electron chi connectivity index (χ1n) is 7.73. The summed E-state index contributed by atoms with van der Waals surface area (Å²) >= 11 is 0. The highest BCUT2D eigenvalue weighted by molar-refractivity contribution is 5.94. The SMILES string of the molecule is CN(C)c1ncc(C(=O)N2CCNC[C@H]2c2ccccc2)cn1. The van der Waals surface area contributed by atoms with E-state index in [9.17, 15) is 4.79 Å². The summed E-state index contributed by atoms with van der Waals surface area (Å²) in [5.74, 6) is 0.576. The summed E-state index contributed by atoms with van der Waals surface area (Å²) in [4.78, 5) is 25.1. The first-order valence-corrected chi connectivity index (χ1v) is 7.73. The molecule has 1 N–H and O–H groups in total. The van der Waals surface area contributed by atoms with Crippen molar-refractivity contribution >= 4 is 11.9 Å². The maximum absolute atomic E-state index is 12.9. The predicted octanol–water partition coefficient (Wildman–Crippen LogP) is 1.33. The lowest BCUT2D eigenvalue weighted by atomic mass is 10.0. The van der Waals surface area contributed by atoms with Crippen LogP contribution in [-0.4, -0.2) is 54.5 Å². The standard InChI is InChI=1S/C17H21N5O/c1-21(2)17-19-10-14(11-20-17)16(23)22-9-8-18-12-15(22)13-6-4-3-5-7-13/h3-7,10-11,15,18H,8-9,12H2,1-2H3/t15-/m0/s1. The molecule has 1 aromatic carbocycles. The van der Waals surface area contributed by atoms with Crippen LogP contribution in [0.3, 0.4) is 0 Å². The molecule has 0 radical (unpaired) electrons. The third kappa shape index (κ3) is 3.32. The van der Waals surface area contributed by atoms with E-state index in [-0.39, 0.29) is 11.9 Å². The number of nitrogens with zero attached hydrogens (tertiary/aromatic N) is 4. The number of piperazine rings is 1. The van der Waals surface area contributed by atoms with Crippen LogP contribution in [0.4, 0.5) is 5.95 Å². The highest BCUT2D eigenvalue weighted by atomic mass is 16.2. The molecule has 1 aromatic heterocycles. The van der Waals surface area contributed by atoms with E-state index in [1.807, 2.05) is 42.1 Å². The summed E-state index contributed by atoms with van der Waals surface area (Å²) < 4.78 is 0. The topological polar surface area (TPSA) is 61.4 Å². The number of carbonyl (C=O) groups excluding carboxylic acids is 1. The van der Waals surface area contributed by atoms with Crippen molar-refractivity contribution in [2.45, 2.75) is 6.04 Å². The van der Waals surface area contributed by atoms with Gasteiger partial charge in [-0.3, -0.25) is 4.79 Å². The Labute approximate surface area is 136 Å². The molecule has 1 atom stereocenters. The fourth-order valence-electron chi connectivity index (χ4n) is 2.75. The number of hydrogen-bond acceptors (Lipinski definition) is 5. The Morgan fingerprint density at radius 2 is 1.91 bits per heavy atom. The second-order valence-electron chi connectivity index (χ2n) is 5.80. The van der Waals surface area contributed by atoms with Crippen molar-refractivity contribution in [1.82, 2.24) is 20.2 Å². The molecule has 1 saturated heterocycles. The van der Waals surface area contributed by atoms with Crippen LogP contribution in [0.15, 0.2) is 42.7 Å². The van der Waals surface area contributed by atoms with E-state index in [4.69, 9.17) is 0 Å². The molecule has 1 fully saturated rings. The molecule has 6 nitrogen and oxygen atoms in total. The Bertz CT molecular complexity index is 656. The number of carbonyl (C=O) groups is 1. The maximum atomic E-state index is 12.9. The van der Waals surface area contributed by atoms with Crippen LogP contribution in [0.2, 0.25) is 0 Å². The fraction of sp³-hybridized carbons (Fsp3) is 0.353. The Morgan fingerprint density at radius 1 is 1.22 bits per heavy atom. The lowest BCUT2D eigenvalue weighted by Crippen LogP contribution is -2.48. The van der Waals surface area contributed by atoms with Crippen LogP contribution in [0.25, 0.3) is 0 Å². The molecule has 0 aliphatic carbocycles. The molecule has 0 saturated carbocycles. The third-order valence-electron chi connectivity index (χ3n) is 3.97. The molecule has 23 heavy (non-hydrogen) atoms. The van der Waals surface area contributed by atoms with Gasteiger partial charge in [-0.25, -0.2) is 9.97 Å². The van der Waals surface area contributed by atoms with Gasteiger partial charge in [-0.2, -0.15) is 0 Å². The van der Waals surface area contributed by atoms with Crippen molar-refractivity contribution in [3.8, 4) is 0 Å². The lowest BCUT2D eigenvalue weighted by Gasteiger charge is -2.36. The first-order chi connectivity index (χ1) is 11.2. The Morgan fingerprint density at radius 3 is 2.57 bits per heavy atom. The van der Waals surface area contributed by atoms with Crippen LogP contribution in [0.5, 0.6) is 0 Å². The summed E-state index contributed by atoms with van der Waals surface area (Å²) in [6.07, 6.45) is 3.21. The minimum Gasteiger partial charge on any atom is -0.347 e. The minimum atomic E-state index is -0.0225. The molecule has 0 bridgehead atoms. The van der Waals surface area contributed by atoms with Crippen LogP contribution in [-0.2, 0) is 0 Å². The van der Waals surface area contributed by atoms with E-state index < -0.39 is 0 Å². The smallest absolute Gasteiger partial charge is 0.257 e. The van der Waals surface area contributed by atoms with Gasteiger partial charge in [0.1, 0.15) is 0 Å². The Kier molecular flexibility index (Phi) is 4.52. The second kappa shape index (κ2) is 6.75. The molecule has 6 heteroatoms. The summed E-state index contributed by atoms with van der Waals surface area (Å²) in [6.45, 7) is 2.23. The number of hydrogen-bond donors (Lipinski definition) is 1. The van der Waals surface area contributed by atoms with E-state index >= 15 is 0 Å². The second-order valence-corrected chi connectivity index (χ2v) is 5.80. The fourth-order valence-corrected chi connectivity index (χ4v) is 2.75. The zero-order valence-electron chi connectivity index (χ0n) is 13.4. The summed E-state index contributed by atoms with van der Waals surface area (Å²) in [6, 6.07) is 10.1. The van der Waals surface area contributed by atoms with E-state index in [2.05, 4.69) is 27.4 Å². The van der Waals surface area contributed by atoms with Gasteiger partial charge in [0.25, 0.3) is 5.91 Å². The number of rotatable bonds is 3. The molecular weight excluding hydrogens is 290 g/mol. The molecular formula is C17H21N5O. The Hall–Kier alpha value is -2.47. The third-order valence-corrected chi connectivity index (χ3v) is 3.97. The van der Waals surface area contributed by atoms with Crippen molar-refractivity contribution in [2.75, 3.05) is 38.6 Å². The summed E-state index contributed by atoms with van der Waals surface area (Å²) in [5, 5.41) is 3.36. The first kappa shape index (κ1) is 15.4. The van der Waals surface area contributed by atoms with Gasteiger partial charge in [0.2, 0.25) is 5.95 Å². The average molecular weight is 311 g/mol. The number of benzene rings is 1. The van der Waals surface area contributed by atoms with Crippen molar-refractivity contribution in [3.05, 3.63) is 53.9 Å². The quantitative estimate of drug-likeness (QED) is 0.926. The van der Waals surface area contributed by atoms with Gasteiger partial charge in [0, 0.05) is 46.1 Å². The van der Waals surface area contributed by atoms with Gasteiger partial charge in [0.05, 0.1) is 11.6 Å². The van der Waals surface area contributed by atoms with Crippen LogP contribution < -0.4 is 10.2 Å². The molecule has 1 aliphatic heterocycles. The van der Waals surface area contributed by atoms with Gasteiger partial charge >= 0.3 is 0 Å². The highest BCUT2D eigenvalue weighted by Crippen LogP contribution is 2.23. The summed E-state index contributed by atoms with van der Waals surface area (Å²) in [7, 11) is 3.75. The normalized spacial score (nSPS) is 17.8. The largest absolute Gasteiger partial charge is 0.347 e. The molecule has 120 valence electrons. The Balaban J connectivity index is 1.84. The molecule has 1 aliphatic rings. The van der Waals surface area contributed by atoms with E-state index in [1.165, 1.54) is 0 Å². The zero-order valence-corrected chi connectivity index (χ0v) is 13.4. The lowest BCUT2D eigenvalue weighted by molar-refractivity contribution is 0.0633. The monoisotopic (exact) mass is 311 g/mol. The summed E-state index contributed by atoms with van der Waals surface area (Å²) in [5.41, 5.74) is 1.66. The molecule has 1 amide bonds. The molecule has 0 unspecified atom stereocenters. The molecule has 2 aromatic rings. The molecule has 2 heterocycles. The van der Waals surface area contributed by atoms with Gasteiger partial charge < -0.3 is 15.1 Å². The maximum Gasteiger partial charge on any atom is 0.257 e. The number of nitrogens with one attached hydrogen (secondary N) is 1. The van der Waals surface area contributed by atoms with Crippen LogP contribution in [0, 0.1) is 0 Å². The van der Waals surface area contributed by atoms with Crippen molar-refractivity contribution in [2.24, 2.45) is 0 Å². The van der Waals surface area contributed by atoms with E-state index in [0.717, 1.165) is 18.7 Å².